The molecule has 8 heteroatoms. The number of nitrogens with zero attached hydrogens (tertiary/aromatic N) is 2. The number of hydrogen-bond donors (Lipinski definition) is 3. The Kier molecular flexibility index (Phi) is 5.25. The van der Waals surface area contributed by atoms with Gasteiger partial charge in [-0.3, -0.25) is 4.79 Å². The molecule has 0 radical (unpaired) electrons. The summed E-state index contributed by atoms with van der Waals surface area (Å²) in [5.74, 6) is 0.847. The van der Waals surface area contributed by atoms with Crippen molar-refractivity contribution >= 4 is 57.7 Å². The highest BCUT2D eigenvalue weighted by Crippen LogP contribution is 2.32. The SMILES string of the molecule is CC(=O)c1ccc(Nc2ncnc(Nc3ccc(Cl)cc3Cl)c2N)cc1. The molecular formula is C18H15Cl2N5O. The molecule has 0 unspecified atom stereocenters. The number of carbonyl (C=O) groups is 1. The fraction of sp³-hybridized carbons (Fsp3) is 0.0556. The van der Waals surface area contributed by atoms with E-state index in [2.05, 4.69) is 20.6 Å². The predicted molar refractivity (Wildman–Crippen MR) is 106 cm³/mol. The maximum atomic E-state index is 11.3. The number of carbonyl (C=O) groups excluding carboxylic acids is 1. The fourth-order valence-electron chi connectivity index (χ4n) is 2.24. The van der Waals surface area contributed by atoms with Crippen molar-refractivity contribution < 1.29 is 4.79 Å². The lowest BCUT2D eigenvalue weighted by atomic mass is 10.1. The van der Waals surface area contributed by atoms with Gasteiger partial charge in [-0.25, -0.2) is 9.97 Å². The molecule has 0 aliphatic carbocycles. The highest BCUT2D eigenvalue weighted by atomic mass is 35.5. The van der Waals surface area contributed by atoms with Crippen molar-refractivity contribution in [2.45, 2.75) is 6.92 Å². The molecule has 6 nitrogen and oxygen atoms in total. The lowest BCUT2D eigenvalue weighted by Gasteiger charge is -2.13. The van der Waals surface area contributed by atoms with Gasteiger partial charge < -0.3 is 16.4 Å². The number of nitrogens with one attached hydrogen (secondary N) is 2. The average Bonchev–Trinajstić information content (AvgIpc) is 2.61. The number of aromatic nitrogens is 2. The summed E-state index contributed by atoms with van der Waals surface area (Å²) in [6.45, 7) is 1.52. The zero-order valence-electron chi connectivity index (χ0n) is 13.8. The molecule has 0 atom stereocenters. The van der Waals surface area contributed by atoms with E-state index < -0.39 is 0 Å². The first-order chi connectivity index (χ1) is 12.4. The molecule has 3 aromatic rings. The van der Waals surface area contributed by atoms with Crippen LogP contribution in [0.3, 0.4) is 0 Å². The molecule has 26 heavy (non-hydrogen) atoms. The zero-order chi connectivity index (χ0) is 18.7. The van der Waals surface area contributed by atoms with Crippen molar-refractivity contribution in [2.75, 3.05) is 16.4 Å². The van der Waals surface area contributed by atoms with Gasteiger partial charge in [0.1, 0.15) is 12.0 Å². The number of Topliss-reactive ketones (excluding diaryl/α,β-unsaturated/α-hetero) is 1. The average molecular weight is 388 g/mol. The van der Waals surface area contributed by atoms with Crippen LogP contribution in [0.4, 0.5) is 28.7 Å². The Morgan fingerprint density at radius 1 is 1.00 bits per heavy atom. The van der Waals surface area contributed by atoms with Gasteiger partial charge in [-0.2, -0.15) is 0 Å². The molecule has 132 valence electrons. The zero-order valence-corrected chi connectivity index (χ0v) is 15.3. The van der Waals surface area contributed by atoms with Crippen molar-refractivity contribution in [1.82, 2.24) is 9.97 Å². The van der Waals surface area contributed by atoms with Crippen LogP contribution in [0.25, 0.3) is 0 Å². The smallest absolute Gasteiger partial charge is 0.159 e. The highest BCUT2D eigenvalue weighted by Gasteiger charge is 2.11. The van der Waals surface area contributed by atoms with Crippen LogP contribution in [0, 0.1) is 0 Å². The van der Waals surface area contributed by atoms with Gasteiger partial charge in [-0.05, 0) is 49.4 Å². The molecule has 0 fully saturated rings. The molecule has 1 heterocycles. The van der Waals surface area contributed by atoms with E-state index in [-0.39, 0.29) is 5.78 Å². The number of ketones is 1. The summed E-state index contributed by atoms with van der Waals surface area (Å²) in [7, 11) is 0. The Labute approximate surface area is 160 Å². The highest BCUT2D eigenvalue weighted by molar-refractivity contribution is 6.36. The Morgan fingerprint density at radius 2 is 1.65 bits per heavy atom. The molecular weight excluding hydrogens is 373 g/mol. The number of rotatable bonds is 5. The first-order valence-corrected chi connectivity index (χ1v) is 8.40. The van der Waals surface area contributed by atoms with Crippen molar-refractivity contribution in [1.29, 1.82) is 0 Å². The molecule has 1 aromatic heterocycles. The molecule has 0 saturated heterocycles. The summed E-state index contributed by atoms with van der Waals surface area (Å²) in [6, 6.07) is 12.1. The summed E-state index contributed by atoms with van der Waals surface area (Å²) in [5.41, 5.74) is 8.49. The number of hydrogen-bond acceptors (Lipinski definition) is 6. The van der Waals surface area contributed by atoms with Gasteiger partial charge in [-0.1, -0.05) is 23.2 Å². The maximum absolute atomic E-state index is 11.3. The van der Waals surface area contributed by atoms with E-state index in [1.54, 1.807) is 42.5 Å². The van der Waals surface area contributed by atoms with Gasteiger partial charge in [0.05, 0.1) is 10.7 Å². The van der Waals surface area contributed by atoms with Crippen molar-refractivity contribution in [2.24, 2.45) is 0 Å². The quantitative estimate of drug-likeness (QED) is 0.530. The van der Waals surface area contributed by atoms with Crippen LogP contribution in [0.15, 0.2) is 48.8 Å². The van der Waals surface area contributed by atoms with Crippen molar-refractivity contribution in [3.8, 4) is 0 Å². The third-order valence-corrected chi connectivity index (χ3v) is 4.17. The molecule has 0 saturated carbocycles. The Bertz CT molecular complexity index is 960. The number of anilines is 5. The van der Waals surface area contributed by atoms with E-state index in [0.717, 1.165) is 5.69 Å². The summed E-state index contributed by atoms with van der Waals surface area (Å²) in [4.78, 5) is 19.7. The van der Waals surface area contributed by atoms with Gasteiger partial charge in [-0.15, -0.1) is 0 Å². The second-order valence-electron chi connectivity index (χ2n) is 5.49. The van der Waals surface area contributed by atoms with Crippen LogP contribution in [-0.2, 0) is 0 Å². The summed E-state index contributed by atoms with van der Waals surface area (Å²) >= 11 is 12.1. The van der Waals surface area contributed by atoms with Crippen LogP contribution in [-0.4, -0.2) is 15.8 Å². The second-order valence-corrected chi connectivity index (χ2v) is 6.34. The lowest BCUT2D eigenvalue weighted by Crippen LogP contribution is -2.05. The summed E-state index contributed by atoms with van der Waals surface area (Å²) in [6.07, 6.45) is 1.38. The number of nitrogens with two attached hydrogens (primary N) is 1. The van der Waals surface area contributed by atoms with Gasteiger partial charge in [0.25, 0.3) is 0 Å². The van der Waals surface area contributed by atoms with E-state index in [9.17, 15) is 4.79 Å². The minimum Gasteiger partial charge on any atom is -0.393 e. The van der Waals surface area contributed by atoms with E-state index in [1.807, 2.05) is 0 Å². The molecule has 3 rings (SSSR count). The molecule has 0 spiro atoms. The Hall–Kier alpha value is -2.83. The Morgan fingerprint density at radius 3 is 2.27 bits per heavy atom. The maximum Gasteiger partial charge on any atom is 0.159 e. The predicted octanol–water partition coefficient (Wildman–Crippen LogP) is 5.06. The molecule has 0 aliphatic rings. The van der Waals surface area contributed by atoms with Crippen LogP contribution in [0.2, 0.25) is 10.0 Å². The molecule has 0 amide bonds. The topological polar surface area (TPSA) is 92.9 Å². The van der Waals surface area contributed by atoms with Crippen molar-refractivity contribution in [3.63, 3.8) is 0 Å². The van der Waals surface area contributed by atoms with Gasteiger partial charge >= 0.3 is 0 Å². The minimum absolute atomic E-state index is 0.00410. The van der Waals surface area contributed by atoms with Crippen molar-refractivity contribution in [3.05, 3.63) is 64.4 Å². The van der Waals surface area contributed by atoms with E-state index >= 15 is 0 Å². The summed E-state index contributed by atoms with van der Waals surface area (Å²) in [5, 5.41) is 7.16. The van der Waals surface area contributed by atoms with E-state index in [4.69, 9.17) is 28.9 Å². The van der Waals surface area contributed by atoms with E-state index in [0.29, 0.717) is 38.6 Å². The first-order valence-electron chi connectivity index (χ1n) is 7.64. The number of nitrogen functional groups attached to an aromatic ring is 1. The molecule has 4 N–H and O–H groups in total. The largest absolute Gasteiger partial charge is 0.393 e. The number of benzene rings is 2. The molecule has 0 bridgehead atoms. The number of halogens is 2. The Balaban J connectivity index is 1.83. The minimum atomic E-state index is 0.00410. The summed E-state index contributed by atoms with van der Waals surface area (Å²) < 4.78 is 0. The van der Waals surface area contributed by atoms with Crippen LogP contribution < -0.4 is 16.4 Å². The first kappa shape index (κ1) is 18.0. The van der Waals surface area contributed by atoms with Gasteiger partial charge in [0.15, 0.2) is 17.4 Å². The third kappa shape index (κ3) is 4.04. The standard InChI is InChI=1S/C18H15Cl2N5O/c1-10(26)11-2-5-13(6-3-11)24-17-16(21)18(23-9-22-17)25-15-7-4-12(19)8-14(15)20/h2-9H,21H2,1H3,(H2,22,23,24,25). The molecule has 0 aliphatic heterocycles. The van der Waals surface area contributed by atoms with Gasteiger partial charge in [0, 0.05) is 16.3 Å². The monoisotopic (exact) mass is 387 g/mol. The molecule has 2 aromatic carbocycles. The fourth-order valence-corrected chi connectivity index (χ4v) is 2.69. The van der Waals surface area contributed by atoms with Crippen LogP contribution >= 0.6 is 23.2 Å². The normalized spacial score (nSPS) is 10.4. The van der Waals surface area contributed by atoms with Crippen LogP contribution in [0.5, 0.6) is 0 Å². The van der Waals surface area contributed by atoms with Gasteiger partial charge in [0.2, 0.25) is 0 Å². The third-order valence-electron chi connectivity index (χ3n) is 3.62. The van der Waals surface area contributed by atoms with Crippen LogP contribution in [0.1, 0.15) is 17.3 Å². The lowest BCUT2D eigenvalue weighted by molar-refractivity contribution is 0.101. The van der Waals surface area contributed by atoms with E-state index in [1.165, 1.54) is 13.3 Å². The second kappa shape index (κ2) is 7.59.